The first-order valence-electron chi connectivity index (χ1n) is 10.1. The maximum absolute atomic E-state index is 11.3. The average molecular weight is 406 g/mol. The van der Waals surface area contributed by atoms with Gasteiger partial charge in [0.2, 0.25) is 0 Å². The summed E-state index contributed by atoms with van der Waals surface area (Å²) in [5, 5.41) is 21.4. The summed E-state index contributed by atoms with van der Waals surface area (Å²) < 4.78 is 0. The van der Waals surface area contributed by atoms with E-state index in [9.17, 15) is 9.90 Å². The van der Waals surface area contributed by atoms with Crippen molar-refractivity contribution in [2.45, 2.75) is 19.9 Å². The van der Waals surface area contributed by atoms with E-state index in [0.29, 0.717) is 18.7 Å². The summed E-state index contributed by atoms with van der Waals surface area (Å²) in [5.41, 5.74) is 3.26. The van der Waals surface area contributed by atoms with E-state index in [1.165, 1.54) is 5.56 Å². The number of anilines is 1. The number of nitriles is 1. The fourth-order valence-corrected chi connectivity index (χ4v) is 3.33. The molecule has 7 heteroatoms. The molecule has 1 aliphatic rings. The normalized spacial score (nSPS) is 14.9. The number of benzene rings is 2. The second-order valence-corrected chi connectivity index (χ2v) is 7.37. The minimum absolute atomic E-state index is 0.235. The Bertz CT molecular complexity index is 925. The van der Waals surface area contributed by atoms with E-state index in [4.69, 9.17) is 10.3 Å². The van der Waals surface area contributed by atoms with Gasteiger partial charge in [0.15, 0.2) is 5.96 Å². The highest BCUT2D eigenvalue weighted by Gasteiger charge is 2.20. The molecule has 1 saturated heterocycles. The maximum Gasteiger partial charge on any atom is 0.335 e. The molecule has 0 bridgehead atoms. The van der Waals surface area contributed by atoms with Gasteiger partial charge < -0.3 is 15.3 Å². The molecule has 156 valence electrons. The van der Waals surface area contributed by atoms with Crippen LogP contribution in [-0.2, 0) is 6.54 Å². The number of hydrogen-bond donors (Lipinski definition) is 2. The van der Waals surface area contributed by atoms with Gasteiger partial charge in [-0.15, -0.1) is 0 Å². The molecule has 3 rings (SSSR count). The van der Waals surface area contributed by atoms with Crippen molar-refractivity contribution in [2.24, 2.45) is 4.99 Å². The van der Waals surface area contributed by atoms with E-state index < -0.39 is 5.97 Å². The Labute approximate surface area is 177 Å². The summed E-state index contributed by atoms with van der Waals surface area (Å²) in [7, 11) is 0. The predicted molar refractivity (Wildman–Crippen MR) is 118 cm³/mol. The van der Waals surface area contributed by atoms with Crippen LogP contribution < -0.4 is 5.32 Å². The first kappa shape index (κ1) is 21.3. The largest absolute Gasteiger partial charge is 0.478 e. The first-order chi connectivity index (χ1) is 14.5. The van der Waals surface area contributed by atoms with Gasteiger partial charge in [-0.3, -0.25) is 4.90 Å². The van der Waals surface area contributed by atoms with Crippen LogP contribution in [0.1, 0.15) is 27.9 Å². The summed E-state index contributed by atoms with van der Waals surface area (Å²) in [5.74, 6) is -0.221. The molecular weight excluding hydrogens is 378 g/mol. The number of aromatic carboxylic acids is 1. The van der Waals surface area contributed by atoms with Crippen molar-refractivity contribution in [3.63, 3.8) is 0 Å². The Balaban J connectivity index is 1.75. The van der Waals surface area contributed by atoms with Gasteiger partial charge in [0.05, 0.1) is 18.2 Å². The van der Waals surface area contributed by atoms with Crippen LogP contribution in [0.15, 0.2) is 53.5 Å². The summed E-state index contributed by atoms with van der Waals surface area (Å²) in [4.78, 5) is 20.6. The highest BCUT2D eigenvalue weighted by molar-refractivity contribution is 5.95. The number of guanidine groups is 1. The van der Waals surface area contributed by atoms with E-state index in [2.05, 4.69) is 52.4 Å². The zero-order chi connectivity index (χ0) is 21.3. The number of carboxylic acids is 1. The first-order valence-corrected chi connectivity index (χ1v) is 10.1. The lowest BCUT2D eigenvalue weighted by atomic mass is 10.1. The van der Waals surface area contributed by atoms with Gasteiger partial charge in [-0.25, -0.2) is 9.79 Å². The van der Waals surface area contributed by atoms with Crippen LogP contribution in [0.5, 0.6) is 0 Å². The smallest absolute Gasteiger partial charge is 0.335 e. The third-order valence-electron chi connectivity index (χ3n) is 5.11. The highest BCUT2D eigenvalue weighted by atomic mass is 16.4. The standard InChI is InChI=1S/C23H27N5O2/c1-18-6-8-19(9-7-18)17-25-23(26-21-5-2-4-20(16-21)22(29)30)28-14-12-27(13-15-28)11-3-10-24/h2,4-9,16H,3,11-15,17H2,1H3,(H,25,26)(H,29,30). The summed E-state index contributed by atoms with van der Waals surface area (Å²) in [6.07, 6.45) is 0.536. The molecule has 2 aromatic carbocycles. The third-order valence-corrected chi connectivity index (χ3v) is 5.11. The third kappa shape index (κ3) is 6.06. The Hall–Kier alpha value is -3.37. The Morgan fingerprint density at radius 3 is 2.57 bits per heavy atom. The molecule has 0 amide bonds. The summed E-state index contributed by atoms with van der Waals surface area (Å²) >= 11 is 0. The van der Waals surface area contributed by atoms with E-state index in [1.54, 1.807) is 18.2 Å². The van der Waals surface area contributed by atoms with Gasteiger partial charge >= 0.3 is 5.97 Å². The van der Waals surface area contributed by atoms with Crippen molar-refractivity contribution in [3.8, 4) is 6.07 Å². The maximum atomic E-state index is 11.3. The summed E-state index contributed by atoms with van der Waals surface area (Å²) in [6, 6.07) is 17.2. The zero-order valence-electron chi connectivity index (χ0n) is 17.2. The molecule has 0 aliphatic carbocycles. The van der Waals surface area contributed by atoms with Crippen molar-refractivity contribution in [1.82, 2.24) is 9.80 Å². The molecular formula is C23H27N5O2. The van der Waals surface area contributed by atoms with Gasteiger partial charge in [-0.2, -0.15) is 5.26 Å². The monoisotopic (exact) mass is 405 g/mol. The number of nitrogens with zero attached hydrogens (tertiary/aromatic N) is 4. The minimum Gasteiger partial charge on any atom is -0.478 e. The van der Waals surface area contributed by atoms with Crippen LogP contribution in [-0.4, -0.2) is 59.6 Å². The predicted octanol–water partition coefficient (Wildman–Crippen LogP) is 3.19. The molecule has 1 aliphatic heterocycles. The molecule has 0 spiro atoms. The quantitative estimate of drug-likeness (QED) is 0.566. The van der Waals surface area contributed by atoms with Crippen LogP contribution in [0.25, 0.3) is 0 Å². The minimum atomic E-state index is -0.956. The highest BCUT2D eigenvalue weighted by Crippen LogP contribution is 2.14. The molecule has 2 aromatic rings. The SMILES string of the molecule is Cc1ccc(CN=C(Nc2cccc(C(=O)O)c2)N2CCN(CCC#N)CC2)cc1. The van der Waals surface area contributed by atoms with E-state index in [0.717, 1.165) is 44.2 Å². The lowest BCUT2D eigenvalue weighted by Gasteiger charge is -2.36. The molecule has 0 radical (unpaired) electrons. The number of aliphatic imine (C=N–C) groups is 1. The van der Waals surface area contributed by atoms with Crippen molar-refractivity contribution in [1.29, 1.82) is 5.26 Å². The molecule has 0 atom stereocenters. The van der Waals surface area contributed by atoms with Gasteiger partial charge in [0.25, 0.3) is 0 Å². The number of rotatable bonds is 6. The lowest BCUT2D eigenvalue weighted by molar-refractivity contribution is 0.0697. The number of carboxylic acid groups (broad SMARTS) is 1. The summed E-state index contributed by atoms with van der Waals surface area (Å²) in [6.45, 7) is 6.70. The van der Waals surface area contributed by atoms with E-state index in [1.807, 2.05) is 6.07 Å². The molecule has 0 aromatic heterocycles. The molecule has 30 heavy (non-hydrogen) atoms. The Kier molecular flexibility index (Phi) is 7.41. The van der Waals surface area contributed by atoms with E-state index >= 15 is 0 Å². The van der Waals surface area contributed by atoms with Crippen molar-refractivity contribution in [3.05, 3.63) is 65.2 Å². The molecule has 1 heterocycles. The number of piperazine rings is 1. The second kappa shape index (κ2) is 10.4. The van der Waals surface area contributed by atoms with Crippen molar-refractivity contribution >= 4 is 17.6 Å². The second-order valence-electron chi connectivity index (χ2n) is 7.37. The molecule has 0 unspecified atom stereocenters. The fourth-order valence-electron chi connectivity index (χ4n) is 3.33. The fraction of sp³-hybridized carbons (Fsp3) is 0.348. The topological polar surface area (TPSA) is 92.0 Å². The van der Waals surface area contributed by atoms with Gasteiger partial charge in [-0.1, -0.05) is 35.9 Å². The van der Waals surface area contributed by atoms with E-state index in [-0.39, 0.29) is 5.56 Å². The molecule has 0 saturated carbocycles. The Morgan fingerprint density at radius 2 is 1.90 bits per heavy atom. The zero-order valence-corrected chi connectivity index (χ0v) is 17.2. The van der Waals surface area contributed by atoms with Gasteiger partial charge in [0, 0.05) is 44.8 Å². The van der Waals surface area contributed by atoms with Crippen LogP contribution in [0, 0.1) is 18.3 Å². The lowest BCUT2D eigenvalue weighted by Crippen LogP contribution is -2.50. The van der Waals surface area contributed by atoms with Gasteiger partial charge in [-0.05, 0) is 30.7 Å². The van der Waals surface area contributed by atoms with Crippen LogP contribution in [0.3, 0.4) is 0 Å². The van der Waals surface area contributed by atoms with Crippen LogP contribution in [0.2, 0.25) is 0 Å². The Morgan fingerprint density at radius 1 is 1.17 bits per heavy atom. The number of nitrogens with one attached hydrogen (secondary N) is 1. The number of carbonyl (C=O) groups is 1. The van der Waals surface area contributed by atoms with Crippen LogP contribution >= 0.6 is 0 Å². The molecule has 2 N–H and O–H groups in total. The number of aryl methyl sites for hydroxylation is 1. The van der Waals surface area contributed by atoms with Crippen molar-refractivity contribution < 1.29 is 9.90 Å². The molecule has 7 nitrogen and oxygen atoms in total. The average Bonchev–Trinajstić information content (AvgIpc) is 2.77. The molecule has 1 fully saturated rings. The number of hydrogen-bond acceptors (Lipinski definition) is 4. The van der Waals surface area contributed by atoms with Crippen molar-refractivity contribution in [2.75, 3.05) is 38.0 Å². The van der Waals surface area contributed by atoms with Gasteiger partial charge in [0.1, 0.15) is 0 Å². The van der Waals surface area contributed by atoms with Crippen LogP contribution in [0.4, 0.5) is 5.69 Å².